The highest BCUT2D eigenvalue weighted by Crippen LogP contribution is 2.17. The number of nitrogens with zero attached hydrogens (tertiary/aromatic N) is 3. The van der Waals surface area contributed by atoms with Crippen molar-refractivity contribution in [1.82, 2.24) is 9.97 Å². The highest BCUT2D eigenvalue weighted by Gasteiger charge is 1.97. The Kier molecular flexibility index (Phi) is 4.56. The second kappa shape index (κ2) is 6.95. The van der Waals surface area contributed by atoms with E-state index in [0.29, 0.717) is 0 Å². The number of hydrogen-bond donors (Lipinski definition) is 1. The van der Waals surface area contributed by atoms with Gasteiger partial charge < -0.3 is 5.32 Å². The van der Waals surface area contributed by atoms with Gasteiger partial charge >= 0.3 is 0 Å². The largest absolute Gasteiger partial charge is 0.325 e. The third kappa shape index (κ3) is 3.99. The first-order valence-electron chi connectivity index (χ1n) is 6.74. The molecular formula is C17H13BrN4. The van der Waals surface area contributed by atoms with Crippen LogP contribution in [0.1, 0.15) is 5.69 Å². The molecule has 0 saturated heterocycles. The SMILES string of the molecule is Brc1ccc(N=Cc2cccc(Nc3ccccn3)n2)cc1. The van der Waals surface area contributed by atoms with Crippen LogP contribution in [-0.2, 0) is 0 Å². The molecule has 0 amide bonds. The molecule has 5 heteroatoms. The van der Waals surface area contributed by atoms with Crippen LogP contribution < -0.4 is 5.32 Å². The average molecular weight is 353 g/mol. The lowest BCUT2D eigenvalue weighted by molar-refractivity contribution is 1.24. The summed E-state index contributed by atoms with van der Waals surface area (Å²) >= 11 is 3.40. The van der Waals surface area contributed by atoms with Gasteiger partial charge in [-0.25, -0.2) is 9.97 Å². The number of halogens is 1. The molecule has 0 aliphatic carbocycles. The Hall–Kier alpha value is -2.53. The van der Waals surface area contributed by atoms with E-state index in [1.165, 1.54) is 0 Å². The van der Waals surface area contributed by atoms with Crippen LogP contribution in [0.3, 0.4) is 0 Å². The molecule has 0 spiro atoms. The van der Waals surface area contributed by atoms with Crippen molar-refractivity contribution in [1.29, 1.82) is 0 Å². The van der Waals surface area contributed by atoms with E-state index in [2.05, 4.69) is 36.2 Å². The number of hydrogen-bond acceptors (Lipinski definition) is 4. The van der Waals surface area contributed by atoms with Crippen molar-refractivity contribution in [3.05, 3.63) is 77.0 Å². The first-order chi connectivity index (χ1) is 10.8. The summed E-state index contributed by atoms with van der Waals surface area (Å²) in [5, 5.41) is 3.16. The number of rotatable bonds is 4. The van der Waals surface area contributed by atoms with Gasteiger partial charge in [0.15, 0.2) is 0 Å². The monoisotopic (exact) mass is 352 g/mol. The van der Waals surface area contributed by atoms with Crippen molar-refractivity contribution in [2.24, 2.45) is 4.99 Å². The molecule has 0 aliphatic rings. The van der Waals surface area contributed by atoms with Crippen molar-refractivity contribution in [2.45, 2.75) is 0 Å². The molecule has 4 nitrogen and oxygen atoms in total. The smallest absolute Gasteiger partial charge is 0.132 e. The predicted octanol–water partition coefficient (Wildman–Crippen LogP) is 4.73. The van der Waals surface area contributed by atoms with Crippen LogP contribution in [0.5, 0.6) is 0 Å². The lowest BCUT2D eigenvalue weighted by Crippen LogP contribution is -1.97. The van der Waals surface area contributed by atoms with Gasteiger partial charge in [0.1, 0.15) is 11.6 Å². The van der Waals surface area contributed by atoms with E-state index >= 15 is 0 Å². The number of aromatic nitrogens is 2. The van der Waals surface area contributed by atoms with Crippen LogP contribution in [-0.4, -0.2) is 16.2 Å². The molecule has 1 N–H and O–H groups in total. The van der Waals surface area contributed by atoms with E-state index in [1.54, 1.807) is 12.4 Å². The van der Waals surface area contributed by atoms with Crippen LogP contribution in [0.15, 0.2) is 76.3 Å². The molecule has 2 aromatic heterocycles. The molecule has 108 valence electrons. The molecule has 0 unspecified atom stereocenters. The van der Waals surface area contributed by atoms with Crippen LogP contribution in [0.2, 0.25) is 0 Å². The van der Waals surface area contributed by atoms with Gasteiger partial charge in [0, 0.05) is 10.7 Å². The second-order valence-corrected chi connectivity index (χ2v) is 5.44. The van der Waals surface area contributed by atoms with E-state index in [0.717, 1.165) is 27.5 Å². The molecular weight excluding hydrogens is 340 g/mol. The van der Waals surface area contributed by atoms with Crippen LogP contribution in [0.4, 0.5) is 17.3 Å². The van der Waals surface area contributed by atoms with Crippen molar-refractivity contribution in [3.8, 4) is 0 Å². The minimum atomic E-state index is 0.735. The molecule has 2 heterocycles. The van der Waals surface area contributed by atoms with Gasteiger partial charge in [-0.1, -0.05) is 28.1 Å². The van der Waals surface area contributed by atoms with Crippen molar-refractivity contribution in [3.63, 3.8) is 0 Å². The van der Waals surface area contributed by atoms with Crippen molar-refractivity contribution >= 4 is 39.5 Å². The molecule has 0 aliphatic heterocycles. The van der Waals surface area contributed by atoms with Crippen LogP contribution in [0.25, 0.3) is 0 Å². The maximum absolute atomic E-state index is 4.49. The van der Waals surface area contributed by atoms with Gasteiger partial charge in [0.2, 0.25) is 0 Å². The molecule has 0 bridgehead atoms. The fourth-order valence-corrected chi connectivity index (χ4v) is 2.09. The quantitative estimate of drug-likeness (QED) is 0.690. The second-order valence-electron chi connectivity index (χ2n) is 4.52. The van der Waals surface area contributed by atoms with E-state index in [9.17, 15) is 0 Å². The normalized spacial score (nSPS) is 10.8. The van der Waals surface area contributed by atoms with Gasteiger partial charge in [0.25, 0.3) is 0 Å². The molecule has 0 radical (unpaired) electrons. The standard InChI is InChI=1S/C17H13BrN4/c18-13-7-9-14(10-8-13)20-12-15-4-3-6-17(21-15)22-16-5-1-2-11-19-16/h1-12H,(H,19,21,22). The number of anilines is 2. The van der Waals surface area contributed by atoms with Crippen LogP contribution >= 0.6 is 15.9 Å². The molecule has 22 heavy (non-hydrogen) atoms. The summed E-state index contributed by atoms with van der Waals surface area (Å²) in [5.74, 6) is 1.50. The fraction of sp³-hybridized carbons (Fsp3) is 0. The first-order valence-corrected chi connectivity index (χ1v) is 7.54. The highest BCUT2D eigenvalue weighted by molar-refractivity contribution is 9.10. The zero-order valence-corrected chi connectivity index (χ0v) is 13.2. The van der Waals surface area contributed by atoms with Gasteiger partial charge in [0.05, 0.1) is 17.6 Å². The van der Waals surface area contributed by atoms with E-state index in [4.69, 9.17) is 0 Å². The summed E-state index contributed by atoms with van der Waals surface area (Å²) in [6, 6.07) is 19.2. The molecule has 1 aromatic carbocycles. The van der Waals surface area contributed by atoms with Crippen molar-refractivity contribution in [2.75, 3.05) is 5.32 Å². The molecule has 0 saturated carbocycles. The minimum Gasteiger partial charge on any atom is -0.325 e. The Morgan fingerprint density at radius 2 is 1.73 bits per heavy atom. The number of pyridine rings is 2. The number of benzene rings is 1. The Balaban J connectivity index is 1.75. The minimum absolute atomic E-state index is 0.735. The number of nitrogens with one attached hydrogen (secondary N) is 1. The molecule has 0 atom stereocenters. The van der Waals surface area contributed by atoms with Gasteiger partial charge in [-0.2, -0.15) is 0 Å². The Morgan fingerprint density at radius 3 is 2.50 bits per heavy atom. The summed E-state index contributed by atoms with van der Waals surface area (Å²) in [6.07, 6.45) is 3.48. The Bertz CT molecular complexity index is 770. The zero-order valence-electron chi connectivity index (χ0n) is 11.6. The van der Waals surface area contributed by atoms with E-state index in [-0.39, 0.29) is 0 Å². The summed E-state index contributed by atoms with van der Waals surface area (Å²) in [7, 11) is 0. The van der Waals surface area contributed by atoms with Gasteiger partial charge in [-0.15, -0.1) is 0 Å². The summed E-state index contributed by atoms with van der Waals surface area (Å²) < 4.78 is 1.03. The fourth-order valence-electron chi connectivity index (χ4n) is 1.83. The predicted molar refractivity (Wildman–Crippen MR) is 93.2 cm³/mol. The van der Waals surface area contributed by atoms with E-state index < -0.39 is 0 Å². The summed E-state index contributed by atoms with van der Waals surface area (Å²) in [6.45, 7) is 0. The third-order valence-corrected chi connectivity index (χ3v) is 3.39. The Labute approximate surface area is 137 Å². The van der Waals surface area contributed by atoms with Crippen LogP contribution in [0, 0.1) is 0 Å². The van der Waals surface area contributed by atoms with Gasteiger partial charge in [-0.3, -0.25) is 4.99 Å². The maximum Gasteiger partial charge on any atom is 0.132 e. The summed E-state index contributed by atoms with van der Waals surface area (Å²) in [4.78, 5) is 13.1. The van der Waals surface area contributed by atoms with Crippen molar-refractivity contribution < 1.29 is 0 Å². The highest BCUT2D eigenvalue weighted by atomic mass is 79.9. The third-order valence-electron chi connectivity index (χ3n) is 2.86. The topological polar surface area (TPSA) is 50.2 Å². The van der Waals surface area contributed by atoms with E-state index in [1.807, 2.05) is 60.7 Å². The molecule has 3 aromatic rings. The first kappa shape index (κ1) is 14.4. The number of aliphatic imine (C=N–C) groups is 1. The van der Waals surface area contributed by atoms with Gasteiger partial charge in [-0.05, 0) is 48.5 Å². The molecule has 0 fully saturated rings. The zero-order chi connectivity index (χ0) is 15.2. The lowest BCUT2D eigenvalue weighted by Gasteiger charge is -2.04. The maximum atomic E-state index is 4.49. The summed E-state index contributed by atoms with van der Waals surface area (Å²) in [5.41, 5.74) is 1.66. The Morgan fingerprint density at radius 1 is 0.909 bits per heavy atom. The molecule has 3 rings (SSSR count). The lowest BCUT2D eigenvalue weighted by atomic mass is 10.3. The average Bonchev–Trinajstić information content (AvgIpc) is 2.56.